The Labute approximate surface area is 162 Å². The predicted octanol–water partition coefficient (Wildman–Crippen LogP) is 1.30. The molecule has 0 aliphatic rings. The third-order valence-electron chi connectivity index (χ3n) is 3.69. The second-order valence-corrected chi connectivity index (χ2v) is 8.12. The van der Waals surface area contributed by atoms with Crippen LogP contribution in [-0.4, -0.2) is 44.7 Å². The second-order valence-electron chi connectivity index (χ2n) is 5.97. The van der Waals surface area contributed by atoms with Gasteiger partial charge < -0.3 is 4.74 Å². The van der Waals surface area contributed by atoms with Crippen LogP contribution in [0.4, 0.5) is 4.39 Å². The van der Waals surface area contributed by atoms with Crippen LogP contribution >= 0.6 is 0 Å². The van der Waals surface area contributed by atoms with Crippen LogP contribution in [0.2, 0.25) is 0 Å². The Morgan fingerprint density at radius 1 is 1.00 bits per heavy atom. The molecule has 8 nitrogen and oxygen atoms in total. The molecule has 2 N–H and O–H groups in total. The number of ether oxygens (including phenoxy) is 1. The summed E-state index contributed by atoms with van der Waals surface area (Å²) >= 11 is 0. The topological polar surface area (TPSA) is 105 Å². The molecule has 0 aliphatic carbocycles. The summed E-state index contributed by atoms with van der Waals surface area (Å²) in [6, 6.07) is 10.4. The fraction of sp³-hybridized carbons (Fsp3) is 0.222. The predicted molar refractivity (Wildman–Crippen MR) is 99.4 cm³/mol. The van der Waals surface area contributed by atoms with E-state index >= 15 is 0 Å². The highest BCUT2D eigenvalue weighted by Crippen LogP contribution is 2.14. The van der Waals surface area contributed by atoms with Gasteiger partial charge in [-0.15, -0.1) is 0 Å². The number of hydrogen-bond acceptors (Lipinski definition) is 5. The summed E-state index contributed by atoms with van der Waals surface area (Å²) in [5.41, 5.74) is 4.59. The third-order valence-corrected chi connectivity index (χ3v) is 5.52. The molecule has 2 rings (SSSR count). The van der Waals surface area contributed by atoms with Gasteiger partial charge in [-0.25, -0.2) is 17.1 Å². The molecular weight excluding hydrogens is 389 g/mol. The van der Waals surface area contributed by atoms with Crippen molar-refractivity contribution in [1.82, 2.24) is 15.2 Å². The SMILES string of the molecule is CC(Oc1ccc(F)cc1)C(=O)NNC(=O)c1ccc(S(=O)(=O)N(C)C)cc1. The van der Waals surface area contributed by atoms with E-state index < -0.39 is 33.8 Å². The maximum Gasteiger partial charge on any atom is 0.279 e. The van der Waals surface area contributed by atoms with E-state index in [-0.39, 0.29) is 10.5 Å². The molecule has 0 bridgehead atoms. The second kappa shape index (κ2) is 8.81. The van der Waals surface area contributed by atoms with Gasteiger partial charge in [-0.3, -0.25) is 20.4 Å². The lowest BCUT2D eigenvalue weighted by atomic mass is 10.2. The summed E-state index contributed by atoms with van der Waals surface area (Å²) < 4.78 is 43.3. The molecular formula is C18H20FN3O5S. The van der Waals surface area contributed by atoms with Gasteiger partial charge in [0.1, 0.15) is 11.6 Å². The summed E-state index contributed by atoms with van der Waals surface area (Å²) in [6.45, 7) is 1.46. The van der Waals surface area contributed by atoms with Crippen LogP contribution in [-0.2, 0) is 14.8 Å². The van der Waals surface area contributed by atoms with Crippen molar-refractivity contribution in [2.45, 2.75) is 17.9 Å². The lowest BCUT2D eigenvalue weighted by Crippen LogP contribution is -2.47. The molecule has 0 radical (unpaired) electrons. The standard InChI is InChI=1S/C18H20FN3O5S/c1-12(27-15-8-6-14(19)7-9-15)17(23)20-21-18(24)13-4-10-16(11-5-13)28(25,26)22(2)3/h4-12H,1-3H3,(H,20,23)(H,21,24). The molecule has 2 amide bonds. The van der Waals surface area contributed by atoms with E-state index in [1.54, 1.807) is 0 Å². The van der Waals surface area contributed by atoms with Gasteiger partial charge in [0.2, 0.25) is 10.0 Å². The molecule has 1 atom stereocenters. The molecule has 150 valence electrons. The van der Waals surface area contributed by atoms with E-state index in [9.17, 15) is 22.4 Å². The van der Waals surface area contributed by atoms with E-state index in [1.807, 2.05) is 0 Å². The average Bonchev–Trinajstić information content (AvgIpc) is 2.67. The van der Waals surface area contributed by atoms with Crippen molar-refractivity contribution in [2.75, 3.05) is 14.1 Å². The zero-order valence-electron chi connectivity index (χ0n) is 15.5. The largest absolute Gasteiger partial charge is 0.481 e. The summed E-state index contributed by atoms with van der Waals surface area (Å²) in [5, 5.41) is 0. The van der Waals surface area contributed by atoms with Gasteiger partial charge in [-0.05, 0) is 55.5 Å². The summed E-state index contributed by atoms with van der Waals surface area (Å²) in [4.78, 5) is 24.1. The number of carbonyl (C=O) groups excluding carboxylic acids is 2. The number of sulfonamides is 1. The maximum absolute atomic E-state index is 12.9. The van der Waals surface area contributed by atoms with Gasteiger partial charge in [0.05, 0.1) is 4.90 Å². The number of hydrazine groups is 1. The zero-order valence-corrected chi connectivity index (χ0v) is 16.3. The summed E-state index contributed by atoms with van der Waals surface area (Å²) in [6.07, 6.45) is -0.946. The van der Waals surface area contributed by atoms with Crippen molar-refractivity contribution in [1.29, 1.82) is 0 Å². The molecule has 1 unspecified atom stereocenters. The Morgan fingerprint density at radius 3 is 2.11 bits per heavy atom. The first-order chi connectivity index (χ1) is 13.1. The fourth-order valence-corrected chi connectivity index (χ4v) is 2.95. The quantitative estimate of drug-likeness (QED) is 0.700. The van der Waals surface area contributed by atoms with Crippen LogP contribution in [0.15, 0.2) is 53.4 Å². The van der Waals surface area contributed by atoms with E-state index in [4.69, 9.17) is 4.74 Å². The molecule has 2 aromatic rings. The molecule has 0 fully saturated rings. The van der Waals surface area contributed by atoms with E-state index in [0.29, 0.717) is 5.75 Å². The minimum atomic E-state index is -3.60. The maximum atomic E-state index is 12.9. The average molecular weight is 409 g/mol. The number of rotatable bonds is 6. The van der Waals surface area contributed by atoms with Crippen molar-refractivity contribution in [3.8, 4) is 5.75 Å². The van der Waals surface area contributed by atoms with Crippen LogP contribution in [0.3, 0.4) is 0 Å². The smallest absolute Gasteiger partial charge is 0.279 e. The third kappa shape index (κ3) is 5.27. The Kier molecular flexibility index (Phi) is 6.71. The Morgan fingerprint density at radius 2 is 1.57 bits per heavy atom. The Balaban J connectivity index is 1.92. The number of nitrogens with zero attached hydrogens (tertiary/aromatic N) is 1. The number of hydrogen-bond donors (Lipinski definition) is 2. The Hall–Kier alpha value is -2.98. The van der Waals surface area contributed by atoms with Gasteiger partial charge >= 0.3 is 0 Å². The monoisotopic (exact) mass is 409 g/mol. The number of halogens is 1. The highest BCUT2D eigenvalue weighted by molar-refractivity contribution is 7.89. The minimum absolute atomic E-state index is 0.0411. The van der Waals surface area contributed by atoms with E-state index in [2.05, 4.69) is 10.9 Å². The summed E-state index contributed by atoms with van der Waals surface area (Å²) in [5.74, 6) is -1.38. The molecule has 0 spiro atoms. The van der Waals surface area contributed by atoms with Crippen molar-refractivity contribution in [3.63, 3.8) is 0 Å². The van der Waals surface area contributed by atoms with Crippen LogP contribution in [0.25, 0.3) is 0 Å². The highest BCUT2D eigenvalue weighted by Gasteiger charge is 2.19. The number of carbonyl (C=O) groups is 2. The number of benzene rings is 2. The normalized spacial score (nSPS) is 12.3. The van der Waals surface area contributed by atoms with E-state index in [0.717, 1.165) is 4.31 Å². The van der Waals surface area contributed by atoms with Gasteiger partial charge in [0.15, 0.2) is 6.10 Å². The molecule has 0 saturated heterocycles. The molecule has 2 aromatic carbocycles. The molecule has 28 heavy (non-hydrogen) atoms. The molecule has 0 heterocycles. The molecule has 10 heteroatoms. The van der Waals surface area contributed by atoms with Gasteiger partial charge in [0, 0.05) is 19.7 Å². The van der Waals surface area contributed by atoms with E-state index in [1.165, 1.54) is 69.6 Å². The van der Waals surface area contributed by atoms with Gasteiger partial charge in [-0.1, -0.05) is 0 Å². The van der Waals surface area contributed by atoms with Crippen molar-refractivity contribution in [3.05, 3.63) is 59.9 Å². The lowest BCUT2D eigenvalue weighted by Gasteiger charge is -2.15. The van der Waals surface area contributed by atoms with Gasteiger partial charge in [0.25, 0.3) is 11.8 Å². The van der Waals surface area contributed by atoms with Crippen molar-refractivity contribution in [2.24, 2.45) is 0 Å². The molecule has 0 aliphatic heterocycles. The van der Waals surface area contributed by atoms with Crippen molar-refractivity contribution < 1.29 is 27.1 Å². The lowest BCUT2D eigenvalue weighted by molar-refractivity contribution is -0.128. The van der Waals surface area contributed by atoms with Crippen LogP contribution in [0, 0.1) is 5.82 Å². The summed E-state index contributed by atoms with van der Waals surface area (Å²) in [7, 11) is -0.790. The minimum Gasteiger partial charge on any atom is -0.481 e. The highest BCUT2D eigenvalue weighted by atomic mass is 32.2. The zero-order chi connectivity index (χ0) is 20.9. The first kappa shape index (κ1) is 21.3. The molecule has 0 aromatic heterocycles. The fourth-order valence-electron chi connectivity index (χ4n) is 2.05. The van der Waals surface area contributed by atoms with Crippen LogP contribution < -0.4 is 15.6 Å². The van der Waals surface area contributed by atoms with Crippen LogP contribution in [0.1, 0.15) is 17.3 Å². The van der Waals surface area contributed by atoms with Crippen molar-refractivity contribution >= 4 is 21.8 Å². The molecule has 0 saturated carbocycles. The van der Waals surface area contributed by atoms with Crippen LogP contribution in [0.5, 0.6) is 5.75 Å². The first-order valence-electron chi connectivity index (χ1n) is 8.16. The number of nitrogens with one attached hydrogen (secondary N) is 2. The Bertz CT molecular complexity index is 944. The first-order valence-corrected chi connectivity index (χ1v) is 9.60. The number of amides is 2. The van der Waals surface area contributed by atoms with Gasteiger partial charge in [-0.2, -0.15) is 0 Å².